The number of H-pyrrole nitrogens is 1. The number of nitrogens with zero attached hydrogens (tertiary/aromatic N) is 2. The number of aromatic nitrogens is 1. The summed E-state index contributed by atoms with van der Waals surface area (Å²) in [6.07, 6.45) is 0.667. The van der Waals surface area contributed by atoms with Gasteiger partial charge in [0.25, 0.3) is 11.7 Å². The number of Topliss-reactive ketones (excluding diaryl/α,β-unsaturated/α-hetero) is 1. The van der Waals surface area contributed by atoms with Crippen molar-refractivity contribution >= 4 is 23.4 Å². The van der Waals surface area contributed by atoms with Crippen LogP contribution in [0.15, 0.2) is 22.1 Å². The second kappa shape index (κ2) is 10.9. The molecule has 2 N–H and O–H groups in total. The van der Waals surface area contributed by atoms with Crippen molar-refractivity contribution in [3.63, 3.8) is 0 Å². The summed E-state index contributed by atoms with van der Waals surface area (Å²) in [5.41, 5.74) is 1.39. The minimum atomic E-state index is -0.861. The zero-order valence-corrected chi connectivity index (χ0v) is 21.4. The lowest BCUT2D eigenvalue weighted by atomic mass is 9.97. The van der Waals surface area contributed by atoms with E-state index in [9.17, 15) is 19.5 Å². The molecule has 0 spiro atoms. The fraction of sp³-hybridized carbons (Fsp3) is 0.500. The quantitative estimate of drug-likeness (QED) is 0.227. The molecule has 9 nitrogen and oxygen atoms in total. The van der Waals surface area contributed by atoms with E-state index in [1.807, 2.05) is 0 Å². The molecule has 1 atom stereocenters. The summed E-state index contributed by atoms with van der Waals surface area (Å²) < 4.78 is 10.9. The summed E-state index contributed by atoms with van der Waals surface area (Å²) in [4.78, 5) is 45.4. The summed E-state index contributed by atoms with van der Waals surface area (Å²) in [7, 11) is 0. The first-order chi connectivity index (χ1) is 16.7. The molecule has 0 bridgehead atoms. The Labute approximate surface area is 205 Å². The standard InChI is InChI=1S/C26H35N3O6/c1-7-28(8-2)13-10-14-29-22(18-12-11-15(4)35-18)20(24(31)25(29)32)23(30)19-16(5)21(27-17(19)6)26(33)34-9-3/h11-12,22,27,30H,7-10,13-14H2,1-6H3. The molecule has 1 amide bonds. The van der Waals surface area contributed by atoms with Crippen LogP contribution in [0.3, 0.4) is 0 Å². The Hall–Kier alpha value is -3.33. The van der Waals surface area contributed by atoms with Gasteiger partial charge in [-0.2, -0.15) is 0 Å². The first kappa shape index (κ1) is 26.3. The van der Waals surface area contributed by atoms with Crippen LogP contribution in [0.5, 0.6) is 0 Å². The van der Waals surface area contributed by atoms with Crippen molar-refractivity contribution in [3.8, 4) is 0 Å². The third-order valence-corrected chi connectivity index (χ3v) is 6.49. The number of nitrogens with one attached hydrogen (secondary N) is 1. The van der Waals surface area contributed by atoms with E-state index in [0.717, 1.165) is 19.6 Å². The van der Waals surface area contributed by atoms with Crippen LogP contribution >= 0.6 is 0 Å². The number of carbonyl (C=O) groups excluding carboxylic acids is 3. The van der Waals surface area contributed by atoms with Gasteiger partial charge in [0.2, 0.25) is 0 Å². The third kappa shape index (κ3) is 5.05. The SMILES string of the molecule is CCOC(=O)c1[nH]c(C)c(C(O)=C2C(=O)C(=O)N(CCCN(CC)CC)C2c2ccc(C)o2)c1C. The number of carbonyl (C=O) groups is 3. The minimum absolute atomic E-state index is 0.0483. The van der Waals surface area contributed by atoms with Gasteiger partial charge in [-0.05, 0) is 71.4 Å². The first-order valence-electron chi connectivity index (χ1n) is 12.1. The third-order valence-electron chi connectivity index (χ3n) is 6.49. The number of ether oxygens (including phenoxy) is 1. The van der Waals surface area contributed by atoms with Gasteiger partial charge in [0.05, 0.1) is 12.2 Å². The van der Waals surface area contributed by atoms with E-state index >= 15 is 0 Å². The number of hydrogen-bond acceptors (Lipinski definition) is 7. The Morgan fingerprint density at radius 3 is 2.43 bits per heavy atom. The number of ketones is 1. The van der Waals surface area contributed by atoms with Gasteiger partial charge in [0.15, 0.2) is 0 Å². The van der Waals surface area contributed by atoms with Gasteiger partial charge in [-0.25, -0.2) is 4.79 Å². The molecule has 0 saturated carbocycles. The Morgan fingerprint density at radius 1 is 1.17 bits per heavy atom. The van der Waals surface area contributed by atoms with E-state index in [-0.39, 0.29) is 23.6 Å². The number of aliphatic hydroxyl groups is 1. The Morgan fingerprint density at radius 2 is 1.86 bits per heavy atom. The molecular formula is C26H35N3O6. The highest BCUT2D eigenvalue weighted by Crippen LogP contribution is 2.41. The van der Waals surface area contributed by atoms with Gasteiger partial charge in [0, 0.05) is 17.8 Å². The van der Waals surface area contributed by atoms with E-state index in [1.54, 1.807) is 39.8 Å². The predicted octanol–water partition coefficient (Wildman–Crippen LogP) is 3.86. The van der Waals surface area contributed by atoms with Crippen LogP contribution in [0.4, 0.5) is 0 Å². The summed E-state index contributed by atoms with van der Waals surface area (Å²) in [6, 6.07) is 2.62. The Kier molecular flexibility index (Phi) is 8.22. The molecule has 1 unspecified atom stereocenters. The largest absolute Gasteiger partial charge is 0.507 e. The van der Waals surface area contributed by atoms with Crippen molar-refractivity contribution in [2.45, 2.75) is 54.0 Å². The number of furan rings is 1. The van der Waals surface area contributed by atoms with Gasteiger partial charge in [-0.15, -0.1) is 0 Å². The van der Waals surface area contributed by atoms with Crippen LogP contribution < -0.4 is 0 Å². The highest BCUT2D eigenvalue weighted by Gasteiger charge is 2.47. The normalized spacial score (nSPS) is 17.6. The van der Waals surface area contributed by atoms with E-state index in [2.05, 4.69) is 23.7 Å². The number of amides is 1. The minimum Gasteiger partial charge on any atom is -0.507 e. The molecule has 9 heteroatoms. The summed E-state index contributed by atoms with van der Waals surface area (Å²) in [5, 5.41) is 11.4. The van der Waals surface area contributed by atoms with Crippen LogP contribution in [-0.2, 0) is 14.3 Å². The number of aliphatic hydroxyl groups excluding tert-OH is 1. The molecule has 2 aromatic heterocycles. The molecule has 1 aliphatic rings. The number of likely N-dealkylation sites (tertiary alicyclic amines) is 1. The number of aryl methyl sites for hydroxylation is 2. The van der Waals surface area contributed by atoms with E-state index < -0.39 is 23.7 Å². The maximum Gasteiger partial charge on any atom is 0.355 e. The average molecular weight is 486 g/mol. The molecule has 3 rings (SSSR count). The molecule has 2 aromatic rings. The molecule has 1 saturated heterocycles. The molecule has 1 fully saturated rings. The molecule has 0 radical (unpaired) electrons. The van der Waals surface area contributed by atoms with Gasteiger partial charge in [-0.1, -0.05) is 13.8 Å². The van der Waals surface area contributed by atoms with Crippen LogP contribution in [0.25, 0.3) is 5.76 Å². The van der Waals surface area contributed by atoms with Gasteiger partial charge in [-0.3, -0.25) is 9.59 Å². The lowest BCUT2D eigenvalue weighted by Gasteiger charge is -2.25. The van der Waals surface area contributed by atoms with Crippen molar-refractivity contribution in [2.24, 2.45) is 0 Å². The summed E-state index contributed by atoms with van der Waals surface area (Å²) in [6.45, 7) is 14.1. The molecule has 35 heavy (non-hydrogen) atoms. The highest BCUT2D eigenvalue weighted by atomic mass is 16.5. The zero-order chi connectivity index (χ0) is 25.9. The van der Waals surface area contributed by atoms with Crippen LogP contribution in [-0.4, -0.2) is 70.3 Å². The lowest BCUT2D eigenvalue weighted by molar-refractivity contribution is -0.140. The van der Waals surface area contributed by atoms with Crippen molar-refractivity contribution in [1.29, 1.82) is 0 Å². The van der Waals surface area contributed by atoms with E-state index in [0.29, 0.717) is 41.3 Å². The highest BCUT2D eigenvalue weighted by molar-refractivity contribution is 6.46. The van der Waals surface area contributed by atoms with Gasteiger partial charge < -0.3 is 29.0 Å². The maximum absolute atomic E-state index is 13.2. The maximum atomic E-state index is 13.2. The monoisotopic (exact) mass is 485 g/mol. The van der Waals surface area contributed by atoms with Crippen molar-refractivity contribution in [1.82, 2.24) is 14.8 Å². The molecule has 3 heterocycles. The Balaban J connectivity index is 2.08. The van der Waals surface area contributed by atoms with Crippen molar-refractivity contribution in [3.05, 3.63) is 51.7 Å². The lowest BCUT2D eigenvalue weighted by Crippen LogP contribution is -2.33. The van der Waals surface area contributed by atoms with E-state index in [1.165, 1.54) is 4.90 Å². The number of hydrogen-bond donors (Lipinski definition) is 2. The second-order valence-electron chi connectivity index (χ2n) is 8.67. The summed E-state index contributed by atoms with van der Waals surface area (Å²) >= 11 is 0. The van der Waals surface area contributed by atoms with Crippen LogP contribution in [0.2, 0.25) is 0 Å². The fourth-order valence-electron chi connectivity index (χ4n) is 4.66. The zero-order valence-electron chi connectivity index (χ0n) is 21.4. The number of rotatable bonds is 10. The van der Waals surface area contributed by atoms with E-state index in [4.69, 9.17) is 9.15 Å². The number of aromatic amines is 1. The second-order valence-corrected chi connectivity index (χ2v) is 8.67. The number of esters is 1. The van der Waals surface area contributed by atoms with Gasteiger partial charge >= 0.3 is 5.97 Å². The van der Waals surface area contributed by atoms with Crippen molar-refractivity contribution in [2.75, 3.05) is 32.8 Å². The average Bonchev–Trinajstić information content (AvgIpc) is 3.46. The predicted molar refractivity (Wildman–Crippen MR) is 131 cm³/mol. The topological polar surface area (TPSA) is 116 Å². The van der Waals surface area contributed by atoms with Crippen LogP contribution in [0.1, 0.15) is 72.1 Å². The van der Waals surface area contributed by atoms with Crippen molar-refractivity contribution < 1.29 is 28.6 Å². The smallest absolute Gasteiger partial charge is 0.355 e. The first-order valence-corrected chi connectivity index (χ1v) is 12.1. The van der Waals surface area contributed by atoms with Gasteiger partial charge in [0.1, 0.15) is 29.0 Å². The molecule has 0 aromatic carbocycles. The summed E-state index contributed by atoms with van der Waals surface area (Å²) in [5.74, 6) is -1.31. The molecular weight excluding hydrogens is 450 g/mol. The molecule has 190 valence electrons. The molecule has 1 aliphatic heterocycles. The molecule has 0 aliphatic carbocycles. The van der Waals surface area contributed by atoms with Crippen LogP contribution in [0, 0.1) is 20.8 Å². The fourth-order valence-corrected chi connectivity index (χ4v) is 4.66. The Bertz CT molecular complexity index is 1140.